The lowest BCUT2D eigenvalue weighted by atomic mass is 10.1. The quantitative estimate of drug-likeness (QED) is 0.676. The molecule has 0 fully saturated rings. The summed E-state index contributed by atoms with van der Waals surface area (Å²) in [5.74, 6) is 0.109. The number of Topliss-reactive ketones (excluding diaryl/α,β-unsaturated/α-hetero) is 1. The van der Waals surface area contributed by atoms with Gasteiger partial charge in [0.1, 0.15) is 0 Å². The summed E-state index contributed by atoms with van der Waals surface area (Å²) in [6.45, 7) is 2.05. The Bertz CT molecular complexity index is 379. The number of carbonyl (C=O) groups excluding carboxylic acids is 1. The van der Waals surface area contributed by atoms with Gasteiger partial charge in [-0.3, -0.25) is 4.79 Å². The molecule has 1 aliphatic rings. The second-order valence-corrected chi connectivity index (χ2v) is 3.15. The Balaban J connectivity index is 2.39. The normalized spacial score (nSPS) is 14.2. The zero-order valence-corrected chi connectivity index (χ0v) is 7.58. The van der Waals surface area contributed by atoms with Gasteiger partial charge in [0.05, 0.1) is 11.4 Å². The highest BCUT2D eigenvalue weighted by atomic mass is 16.1. The number of ketones is 1. The van der Waals surface area contributed by atoms with Gasteiger partial charge in [0.25, 0.3) is 0 Å². The summed E-state index contributed by atoms with van der Waals surface area (Å²) in [7, 11) is 0. The minimum atomic E-state index is 0.109. The van der Waals surface area contributed by atoms with Crippen LogP contribution >= 0.6 is 0 Å². The molecule has 2 heteroatoms. The predicted octanol–water partition coefficient (Wildman–Crippen LogP) is 2.76. The lowest BCUT2D eigenvalue weighted by molar-refractivity contribution is 0.106. The van der Waals surface area contributed by atoms with Crippen LogP contribution in [0.2, 0.25) is 0 Å². The Labute approximate surface area is 77.3 Å². The second kappa shape index (κ2) is 3.13. The van der Waals surface area contributed by atoms with E-state index in [-0.39, 0.29) is 5.78 Å². The first kappa shape index (κ1) is 8.17. The van der Waals surface area contributed by atoms with E-state index in [9.17, 15) is 4.79 Å². The number of hydrogen-bond acceptors (Lipinski definition) is 2. The molecule has 2 rings (SSSR count). The molecule has 0 aromatic heterocycles. The summed E-state index contributed by atoms with van der Waals surface area (Å²) in [6.07, 6.45) is 1.76. The minimum Gasteiger partial charge on any atom is -0.287 e. The minimum absolute atomic E-state index is 0.109. The van der Waals surface area contributed by atoms with Crippen LogP contribution < -0.4 is 0 Å². The van der Waals surface area contributed by atoms with Crippen molar-refractivity contribution in [1.82, 2.24) is 0 Å². The summed E-state index contributed by atoms with van der Waals surface area (Å²) in [6, 6.07) is 7.51. The third-order valence-corrected chi connectivity index (χ3v) is 2.15. The van der Waals surface area contributed by atoms with Gasteiger partial charge in [-0.05, 0) is 18.6 Å². The smallest absolute Gasteiger partial charge is 0.209 e. The molecule has 1 heterocycles. The number of aliphatic imine (C=N–C) groups is 1. The van der Waals surface area contributed by atoms with E-state index in [0.29, 0.717) is 5.71 Å². The van der Waals surface area contributed by atoms with Crippen LogP contribution in [0.5, 0.6) is 0 Å². The molecule has 1 aromatic rings. The highest BCUT2D eigenvalue weighted by Gasteiger charge is 2.22. The van der Waals surface area contributed by atoms with Gasteiger partial charge in [0.15, 0.2) is 0 Å². The first-order valence-electron chi connectivity index (χ1n) is 4.54. The van der Waals surface area contributed by atoms with Crippen molar-refractivity contribution < 1.29 is 4.79 Å². The molecule has 1 aliphatic heterocycles. The van der Waals surface area contributed by atoms with Gasteiger partial charge in [0, 0.05) is 5.56 Å². The maximum absolute atomic E-state index is 11.7. The van der Waals surface area contributed by atoms with Crippen LogP contribution in [0, 0.1) is 0 Å². The zero-order valence-electron chi connectivity index (χ0n) is 7.58. The van der Waals surface area contributed by atoms with Crippen molar-refractivity contribution in [2.24, 2.45) is 4.99 Å². The van der Waals surface area contributed by atoms with E-state index in [2.05, 4.69) is 11.9 Å². The molecule has 13 heavy (non-hydrogen) atoms. The zero-order chi connectivity index (χ0) is 9.26. The van der Waals surface area contributed by atoms with Crippen molar-refractivity contribution in [3.63, 3.8) is 0 Å². The standard InChI is InChI=1S/C11H11NO/c1-2-5-10-11(13)8-6-3-4-7-9(8)12-10/h3-4,6-7H,2,5H2,1H3. The van der Waals surface area contributed by atoms with Crippen molar-refractivity contribution in [2.75, 3.05) is 0 Å². The molecule has 0 atom stereocenters. The van der Waals surface area contributed by atoms with Crippen LogP contribution in [0.1, 0.15) is 30.1 Å². The summed E-state index contributed by atoms with van der Waals surface area (Å²) in [4.78, 5) is 15.9. The molecule has 0 N–H and O–H groups in total. The van der Waals surface area contributed by atoms with Gasteiger partial charge in [-0.2, -0.15) is 0 Å². The lowest BCUT2D eigenvalue weighted by Gasteiger charge is -1.93. The van der Waals surface area contributed by atoms with Crippen molar-refractivity contribution in [1.29, 1.82) is 0 Å². The number of rotatable bonds is 2. The molecule has 0 unspecified atom stereocenters. The maximum Gasteiger partial charge on any atom is 0.209 e. The Hall–Kier alpha value is -1.44. The molecule has 66 valence electrons. The van der Waals surface area contributed by atoms with Gasteiger partial charge in [-0.25, -0.2) is 4.99 Å². The Kier molecular flexibility index (Phi) is 1.97. The molecular weight excluding hydrogens is 162 g/mol. The Morgan fingerprint density at radius 3 is 2.77 bits per heavy atom. The van der Waals surface area contributed by atoms with Crippen molar-refractivity contribution in [2.45, 2.75) is 19.8 Å². The van der Waals surface area contributed by atoms with Crippen LogP contribution in [0.4, 0.5) is 5.69 Å². The van der Waals surface area contributed by atoms with E-state index in [1.165, 1.54) is 0 Å². The third-order valence-electron chi connectivity index (χ3n) is 2.15. The van der Waals surface area contributed by atoms with Crippen molar-refractivity contribution >= 4 is 17.2 Å². The van der Waals surface area contributed by atoms with Crippen molar-refractivity contribution in [3.8, 4) is 0 Å². The molecule has 0 saturated carbocycles. The summed E-state index contributed by atoms with van der Waals surface area (Å²) >= 11 is 0. The number of nitrogens with zero attached hydrogens (tertiary/aromatic N) is 1. The fourth-order valence-corrected chi connectivity index (χ4v) is 1.52. The number of benzene rings is 1. The molecule has 1 aromatic carbocycles. The molecule has 0 spiro atoms. The van der Waals surface area contributed by atoms with Crippen LogP contribution in [0.3, 0.4) is 0 Å². The number of fused-ring (bicyclic) bond motifs is 1. The second-order valence-electron chi connectivity index (χ2n) is 3.15. The van der Waals surface area contributed by atoms with Crippen LogP contribution in [0.15, 0.2) is 29.3 Å². The number of carbonyl (C=O) groups is 1. The topological polar surface area (TPSA) is 29.4 Å². The van der Waals surface area contributed by atoms with Gasteiger partial charge in [-0.15, -0.1) is 0 Å². The van der Waals surface area contributed by atoms with E-state index in [4.69, 9.17) is 0 Å². The molecular formula is C11H11NO. The van der Waals surface area contributed by atoms with Gasteiger partial charge in [0.2, 0.25) is 5.78 Å². The third kappa shape index (κ3) is 1.28. The van der Waals surface area contributed by atoms with Gasteiger partial charge >= 0.3 is 0 Å². The van der Waals surface area contributed by atoms with E-state index >= 15 is 0 Å². The fourth-order valence-electron chi connectivity index (χ4n) is 1.52. The van der Waals surface area contributed by atoms with E-state index < -0.39 is 0 Å². The first-order chi connectivity index (χ1) is 6.33. The fraction of sp³-hybridized carbons (Fsp3) is 0.273. The van der Waals surface area contributed by atoms with Crippen molar-refractivity contribution in [3.05, 3.63) is 29.8 Å². The Morgan fingerprint density at radius 1 is 1.31 bits per heavy atom. The summed E-state index contributed by atoms with van der Waals surface area (Å²) in [5, 5.41) is 0. The average molecular weight is 173 g/mol. The summed E-state index contributed by atoms with van der Waals surface area (Å²) < 4.78 is 0. The first-order valence-corrected chi connectivity index (χ1v) is 4.54. The van der Waals surface area contributed by atoms with Crippen LogP contribution in [0.25, 0.3) is 0 Å². The number of hydrogen-bond donors (Lipinski definition) is 0. The average Bonchev–Trinajstić information content (AvgIpc) is 2.46. The predicted molar refractivity (Wildman–Crippen MR) is 52.8 cm³/mol. The molecule has 0 amide bonds. The highest BCUT2D eigenvalue weighted by molar-refractivity contribution is 6.49. The number of para-hydroxylation sites is 1. The maximum atomic E-state index is 11.7. The highest BCUT2D eigenvalue weighted by Crippen LogP contribution is 2.27. The molecule has 0 saturated heterocycles. The SMILES string of the molecule is CCCC1=Nc2ccccc2C1=O. The largest absolute Gasteiger partial charge is 0.287 e. The van der Waals surface area contributed by atoms with E-state index in [1.807, 2.05) is 24.3 Å². The van der Waals surface area contributed by atoms with Gasteiger partial charge < -0.3 is 0 Å². The Morgan fingerprint density at radius 2 is 2.08 bits per heavy atom. The van der Waals surface area contributed by atoms with Crippen LogP contribution in [-0.2, 0) is 0 Å². The lowest BCUT2D eigenvalue weighted by Crippen LogP contribution is -2.08. The molecule has 0 radical (unpaired) electrons. The monoisotopic (exact) mass is 173 g/mol. The molecule has 0 aliphatic carbocycles. The summed E-state index contributed by atoms with van der Waals surface area (Å²) in [5.41, 5.74) is 2.30. The molecule has 2 nitrogen and oxygen atoms in total. The van der Waals surface area contributed by atoms with E-state index in [0.717, 1.165) is 24.1 Å². The van der Waals surface area contributed by atoms with E-state index in [1.54, 1.807) is 0 Å². The van der Waals surface area contributed by atoms with Crippen LogP contribution in [-0.4, -0.2) is 11.5 Å². The molecule has 0 bridgehead atoms. The van der Waals surface area contributed by atoms with Gasteiger partial charge in [-0.1, -0.05) is 25.5 Å².